The molecule has 0 aliphatic heterocycles. The topological polar surface area (TPSA) is 46.2 Å². The monoisotopic (exact) mass is 351 g/mol. The molecule has 2 atom stereocenters. The Morgan fingerprint density at radius 3 is 2.83 bits per heavy atom. The third kappa shape index (κ3) is 3.79. The number of thiophene rings is 1. The predicted octanol–water partition coefficient (Wildman–Crippen LogP) is 3.29. The molecule has 0 saturated heterocycles. The molecule has 1 aromatic heterocycles. The van der Waals surface area contributed by atoms with Gasteiger partial charge in [0.1, 0.15) is 4.21 Å². The van der Waals surface area contributed by atoms with Crippen LogP contribution in [0.25, 0.3) is 0 Å². The van der Waals surface area contributed by atoms with E-state index in [1.54, 1.807) is 6.07 Å². The van der Waals surface area contributed by atoms with Gasteiger partial charge < -0.3 is 0 Å². The van der Waals surface area contributed by atoms with Gasteiger partial charge in [-0.3, -0.25) is 0 Å². The predicted molar refractivity (Wildman–Crippen MR) is 78.9 cm³/mol. The van der Waals surface area contributed by atoms with E-state index in [4.69, 9.17) is 0 Å². The molecule has 2 unspecified atom stereocenters. The van der Waals surface area contributed by atoms with Crippen LogP contribution in [-0.4, -0.2) is 19.8 Å². The summed E-state index contributed by atoms with van der Waals surface area (Å²) in [6, 6.07) is 3.52. The lowest BCUT2D eigenvalue weighted by molar-refractivity contribution is 0.368. The number of nitrogens with one attached hydrogen (secondary N) is 1. The summed E-state index contributed by atoms with van der Waals surface area (Å²) >= 11 is 4.94. The van der Waals surface area contributed by atoms with Crippen LogP contribution in [0.1, 0.15) is 30.6 Å². The molecule has 2 rings (SSSR count). The standard InChI is InChI=1S/C12H18BrNO2S2/c1-9-5-6-12(17-9)18(15,16)14-8-10-3-2-4-11(13)7-10/h5-6,10-11,14H,2-4,7-8H2,1H3. The minimum Gasteiger partial charge on any atom is -0.210 e. The van der Waals surface area contributed by atoms with Gasteiger partial charge in [-0.2, -0.15) is 0 Å². The second-order valence-corrected chi connectivity index (χ2v) is 9.42. The van der Waals surface area contributed by atoms with Crippen molar-refractivity contribution < 1.29 is 8.42 Å². The fraction of sp³-hybridized carbons (Fsp3) is 0.667. The molecular weight excluding hydrogens is 334 g/mol. The molecule has 1 fully saturated rings. The van der Waals surface area contributed by atoms with Crippen molar-refractivity contribution in [3.63, 3.8) is 0 Å². The SMILES string of the molecule is Cc1ccc(S(=O)(=O)NCC2CCCC(Br)C2)s1. The summed E-state index contributed by atoms with van der Waals surface area (Å²) in [6.45, 7) is 2.47. The van der Waals surface area contributed by atoms with E-state index >= 15 is 0 Å². The quantitative estimate of drug-likeness (QED) is 0.846. The van der Waals surface area contributed by atoms with E-state index in [2.05, 4.69) is 20.7 Å². The molecule has 0 aromatic carbocycles. The molecule has 0 radical (unpaired) electrons. The van der Waals surface area contributed by atoms with Crippen molar-refractivity contribution in [2.45, 2.75) is 41.6 Å². The van der Waals surface area contributed by atoms with Gasteiger partial charge in [-0.15, -0.1) is 11.3 Å². The summed E-state index contributed by atoms with van der Waals surface area (Å²) in [4.78, 5) is 1.57. The van der Waals surface area contributed by atoms with Crippen LogP contribution in [0.4, 0.5) is 0 Å². The maximum absolute atomic E-state index is 12.1. The van der Waals surface area contributed by atoms with E-state index in [9.17, 15) is 8.42 Å². The summed E-state index contributed by atoms with van der Waals surface area (Å²) in [5.41, 5.74) is 0. The highest BCUT2D eigenvalue weighted by molar-refractivity contribution is 9.09. The van der Waals surface area contributed by atoms with Crippen LogP contribution >= 0.6 is 27.3 Å². The van der Waals surface area contributed by atoms with Crippen molar-refractivity contribution in [2.75, 3.05) is 6.54 Å². The average molecular weight is 352 g/mol. The van der Waals surface area contributed by atoms with E-state index < -0.39 is 10.0 Å². The van der Waals surface area contributed by atoms with Crippen molar-refractivity contribution in [2.24, 2.45) is 5.92 Å². The first-order valence-electron chi connectivity index (χ1n) is 6.17. The van der Waals surface area contributed by atoms with E-state index in [1.807, 2.05) is 13.0 Å². The number of sulfonamides is 1. The highest BCUT2D eigenvalue weighted by atomic mass is 79.9. The molecule has 1 aromatic rings. The first-order chi connectivity index (χ1) is 8.47. The van der Waals surface area contributed by atoms with Gasteiger partial charge in [0.05, 0.1) is 0 Å². The molecule has 3 nitrogen and oxygen atoms in total. The maximum Gasteiger partial charge on any atom is 0.250 e. The molecule has 1 N–H and O–H groups in total. The average Bonchev–Trinajstić information content (AvgIpc) is 2.74. The second kappa shape index (κ2) is 6.03. The fourth-order valence-electron chi connectivity index (χ4n) is 2.27. The van der Waals surface area contributed by atoms with Gasteiger partial charge in [0.25, 0.3) is 0 Å². The van der Waals surface area contributed by atoms with E-state index in [-0.39, 0.29) is 0 Å². The van der Waals surface area contributed by atoms with Crippen LogP contribution < -0.4 is 4.72 Å². The third-order valence-corrected chi connectivity index (χ3v) is 7.01. The Kier molecular flexibility index (Phi) is 4.86. The minimum absolute atomic E-state index is 0.422. The number of rotatable bonds is 4. The van der Waals surface area contributed by atoms with Crippen molar-refractivity contribution in [1.82, 2.24) is 4.72 Å². The molecule has 6 heteroatoms. The van der Waals surface area contributed by atoms with Crippen LogP contribution in [0.3, 0.4) is 0 Å². The lowest BCUT2D eigenvalue weighted by Crippen LogP contribution is -2.31. The lowest BCUT2D eigenvalue weighted by Gasteiger charge is -2.25. The smallest absolute Gasteiger partial charge is 0.210 e. The lowest BCUT2D eigenvalue weighted by atomic mass is 9.89. The molecule has 1 aliphatic rings. The largest absolute Gasteiger partial charge is 0.250 e. The molecule has 0 amide bonds. The maximum atomic E-state index is 12.1. The molecule has 0 spiro atoms. The number of hydrogen-bond acceptors (Lipinski definition) is 3. The normalized spacial score (nSPS) is 25.2. The van der Waals surface area contributed by atoms with E-state index in [1.165, 1.54) is 24.2 Å². The fourth-order valence-corrected chi connectivity index (χ4v) is 5.56. The minimum atomic E-state index is -3.30. The molecule has 1 saturated carbocycles. The van der Waals surface area contributed by atoms with Crippen LogP contribution in [0.15, 0.2) is 16.3 Å². The number of alkyl halides is 1. The highest BCUT2D eigenvalue weighted by Crippen LogP contribution is 2.29. The zero-order valence-corrected chi connectivity index (χ0v) is 13.6. The number of halogens is 1. The van der Waals surface area contributed by atoms with Crippen LogP contribution in [0, 0.1) is 12.8 Å². The molecule has 102 valence electrons. The zero-order chi connectivity index (χ0) is 13.2. The zero-order valence-electron chi connectivity index (χ0n) is 10.4. The summed E-state index contributed by atoms with van der Waals surface area (Å²) < 4.78 is 27.3. The van der Waals surface area contributed by atoms with Crippen LogP contribution in [0.5, 0.6) is 0 Å². The summed E-state index contributed by atoms with van der Waals surface area (Å²) in [5.74, 6) is 0.457. The first kappa shape index (κ1) is 14.5. The summed E-state index contributed by atoms with van der Waals surface area (Å²) in [6.07, 6.45) is 4.56. The van der Waals surface area contributed by atoms with Crippen LogP contribution in [0.2, 0.25) is 0 Å². The Morgan fingerprint density at radius 1 is 1.44 bits per heavy atom. The van der Waals surface area contributed by atoms with E-state index in [0.29, 0.717) is 21.5 Å². The van der Waals surface area contributed by atoms with Crippen LogP contribution in [-0.2, 0) is 10.0 Å². The van der Waals surface area contributed by atoms with Gasteiger partial charge in [-0.1, -0.05) is 22.4 Å². The Morgan fingerprint density at radius 2 is 2.22 bits per heavy atom. The van der Waals surface area contributed by atoms with Gasteiger partial charge in [0.15, 0.2) is 0 Å². The van der Waals surface area contributed by atoms with Crippen molar-refractivity contribution in [3.05, 3.63) is 17.0 Å². The summed E-state index contributed by atoms with van der Waals surface area (Å²) in [5, 5.41) is 0. The second-order valence-electron chi connectivity index (χ2n) is 4.85. The Labute approximate surface area is 121 Å². The van der Waals surface area contributed by atoms with Crippen molar-refractivity contribution in [1.29, 1.82) is 0 Å². The third-order valence-electron chi connectivity index (χ3n) is 3.26. The first-order valence-corrected chi connectivity index (χ1v) is 9.39. The van der Waals surface area contributed by atoms with Gasteiger partial charge in [-0.25, -0.2) is 13.1 Å². The molecule has 18 heavy (non-hydrogen) atoms. The van der Waals surface area contributed by atoms with Gasteiger partial charge in [-0.05, 0) is 44.2 Å². The van der Waals surface area contributed by atoms with Gasteiger partial charge >= 0.3 is 0 Å². The van der Waals surface area contributed by atoms with Gasteiger partial charge in [0, 0.05) is 16.2 Å². The molecule has 1 aliphatic carbocycles. The Bertz CT molecular complexity index is 498. The Balaban J connectivity index is 1.93. The van der Waals surface area contributed by atoms with Gasteiger partial charge in [0.2, 0.25) is 10.0 Å². The molecule has 1 heterocycles. The van der Waals surface area contributed by atoms with E-state index in [0.717, 1.165) is 17.7 Å². The summed E-state index contributed by atoms with van der Waals surface area (Å²) in [7, 11) is -3.30. The molecular formula is C12H18BrNO2S2. The van der Waals surface area contributed by atoms with Crippen molar-refractivity contribution >= 4 is 37.3 Å². The number of aryl methyl sites for hydroxylation is 1. The number of hydrogen-bond donors (Lipinski definition) is 1. The van der Waals surface area contributed by atoms with Crippen molar-refractivity contribution in [3.8, 4) is 0 Å². The highest BCUT2D eigenvalue weighted by Gasteiger charge is 2.23. The molecule has 0 bridgehead atoms. The Hall–Kier alpha value is 0.0900.